The van der Waals surface area contributed by atoms with Crippen molar-refractivity contribution in [3.8, 4) is 0 Å². The second-order valence-electron chi connectivity index (χ2n) is 10.2. The summed E-state index contributed by atoms with van der Waals surface area (Å²) in [7, 11) is -3.84. The standard InChI is InChI=1S/C29H41N6O9PS/c1-3-6-19-7-5-8-22(15-19)33-27(39)20-9-11-21(12-10-20)35-45(43,44-4-2)32-18-46-17-24(28(40)31-16-26(37)38)34-25(36)14-13-23(30)29(41)42/h5,9-12,18,22-24H,3-4,6,8,13-17,30H2,1-2H3,(H,31,40)(H,33,39)(H,34,36)(H,35,43)(H,37,38)(H,41,42)/t22?,23-,24-,45?/m0/s1. The van der Waals surface area contributed by atoms with E-state index in [9.17, 15) is 28.5 Å². The van der Waals surface area contributed by atoms with E-state index >= 15 is 0 Å². The second-order valence-corrected chi connectivity index (χ2v) is 12.8. The largest absolute Gasteiger partial charge is 0.480 e. The molecule has 1 aromatic carbocycles. The number of aliphatic carboxylic acids is 2. The minimum absolute atomic E-state index is 0.00972. The molecule has 0 aliphatic heterocycles. The van der Waals surface area contributed by atoms with Crippen molar-refractivity contribution in [2.45, 2.75) is 70.5 Å². The molecule has 17 heteroatoms. The van der Waals surface area contributed by atoms with Gasteiger partial charge < -0.3 is 31.9 Å². The average Bonchev–Trinajstić information content (AvgIpc) is 3.00. The SMILES string of the molecule is CCCC1=C=CCC(NC(=O)c2ccc(NP(=O)(N=CSC[C@H](NC(=O)CC[C@H](N)C(=O)O)C(=O)NCC(=O)O)OCC)cc2)C1. The van der Waals surface area contributed by atoms with Crippen LogP contribution in [0.5, 0.6) is 0 Å². The summed E-state index contributed by atoms with van der Waals surface area (Å²) in [6, 6.07) is 3.81. The fourth-order valence-electron chi connectivity index (χ4n) is 4.15. The summed E-state index contributed by atoms with van der Waals surface area (Å²) >= 11 is 0.897. The van der Waals surface area contributed by atoms with Crippen molar-refractivity contribution < 1.29 is 43.3 Å². The first-order valence-electron chi connectivity index (χ1n) is 14.6. The first-order valence-corrected chi connectivity index (χ1v) is 17.3. The molecule has 1 aromatic rings. The van der Waals surface area contributed by atoms with Gasteiger partial charge in [0.2, 0.25) is 11.8 Å². The van der Waals surface area contributed by atoms with E-state index in [0.717, 1.165) is 31.0 Å². The summed E-state index contributed by atoms with van der Waals surface area (Å²) in [5, 5.41) is 28.1. The van der Waals surface area contributed by atoms with Crippen molar-refractivity contribution in [2.75, 3.05) is 24.0 Å². The smallest absolute Gasteiger partial charge is 0.413 e. The Kier molecular flexibility index (Phi) is 16.3. The van der Waals surface area contributed by atoms with E-state index in [1.807, 2.05) is 6.08 Å². The fourth-order valence-corrected chi connectivity index (χ4v) is 6.44. The highest BCUT2D eigenvalue weighted by Crippen LogP contribution is 2.48. The number of nitrogens with one attached hydrogen (secondary N) is 4. The van der Waals surface area contributed by atoms with E-state index in [1.165, 1.54) is 11.1 Å². The molecule has 2 rings (SSSR count). The zero-order chi connectivity index (χ0) is 34.1. The number of carbonyl (C=O) groups excluding carboxylic acids is 3. The number of benzene rings is 1. The fraction of sp³-hybridized carbons (Fsp3) is 0.483. The van der Waals surface area contributed by atoms with Crippen LogP contribution in [0.1, 0.15) is 62.7 Å². The number of carbonyl (C=O) groups is 5. The van der Waals surface area contributed by atoms with Crippen molar-refractivity contribution in [2.24, 2.45) is 10.5 Å². The zero-order valence-corrected chi connectivity index (χ0v) is 27.4. The number of carboxylic acid groups (broad SMARTS) is 2. The normalized spacial score (nSPS) is 16.8. The second kappa shape index (κ2) is 19.5. The highest BCUT2D eigenvalue weighted by atomic mass is 32.2. The highest BCUT2D eigenvalue weighted by Gasteiger charge is 2.24. The third-order valence-corrected chi connectivity index (χ3v) is 8.92. The van der Waals surface area contributed by atoms with Crippen molar-refractivity contribution in [3.63, 3.8) is 0 Å². The maximum absolute atomic E-state index is 13.4. The Morgan fingerprint density at radius 1 is 1.20 bits per heavy atom. The van der Waals surface area contributed by atoms with Crippen molar-refractivity contribution in [1.82, 2.24) is 16.0 Å². The molecule has 3 amide bonds. The lowest BCUT2D eigenvalue weighted by Crippen LogP contribution is -2.49. The van der Waals surface area contributed by atoms with Gasteiger partial charge in [-0.1, -0.05) is 13.3 Å². The number of rotatable bonds is 20. The lowest BCUT2D eigenvalue weighted by molar-refractivity contribution is -0.139. The Labute approximate surface area is 271 Å². The molecule has 0 aromatic heterocycles. The Morgan fingerprint density at radius 2 is 1.91 bits per heavy atom. The summed E-state index contributed by atoms with van der Waals surface area (Å²) in [6.07, 6.45) is 4.89. The van der Waals surface area contributed by atoms with E-state index in [0.29, 0.717) is 17.7 Å². The summed E-state index contributed by atoms with van der Waals surface area (Å²) in [6.45, 7) is 3.08. The van der Waals surface area contributed by atoms with Crippen LogP contribution in [-0.2, 0) is 28.3 Å². The van der Waals surface area contributed by atoms with E-state index in [4.69, 9.17) is 20.5 Å². The molecule has 0 bridgehead atoms. The van der Waals surface area contributed by atoms with Gasteiger partial charge in [-0.15, -0.1) is 17.5 Å². The molecule has 2 unspecified atom stereocenters. The molecular formula is C29H41N6O9PS. The highest BCUT2D eigenvalue weighted by molar-refractivity contribution is 8.12. The van der Waals surface area contributed by atoms with Crippen LogP contribution >= 0.6 is 19.4 Å². The summed E-state index contributed by atoms with van der Waals surface area (Å²) in [5.74, 6) is -4.41. The van der Waals surface area contributed by atoms with E-state index in [-0.39, 0.29) is 37.2 Å². The number of hydrogen-bond acceptors (Lipinski definition) is 9. The number of hydrogen-bond donors (Lipinski definition) is 7. The summed E-state index contributed by atoms with van der Waals surface area (Å²) in [5.41, 5.74) is 11.8. The van der Waals surface area contributed by atoms with Gasteiger partial charge in [-0.2, -0.15) is 4.76 Å². The van der Waals surface area contributed by atoms with Crippen molar-refractivity contribution >= 4 is 60.3 Å². The van der Waals surface area contributed by atoms with E-state index < -0.39 is 50.1 Å². The number of carboxylic acids is 2. The van der Waals surface area contributed by atoms with Crippen LogP contribution in [0.2, 0.25) is 0 Å². The van der Waals surface area contributed by atoms with E-state index in [2.05, 4.69) is 38.5 Å². The molecule has 0 saturated heterocycles. The summed E-state index contributed by atoms with van der Waals surface area (Å²) < 4.78 is 22.8. The molecule has 15 nitrogen and oxygen atoms in total. The Bertz CT molecular complexity index is 1380. The molecule has 0 radical (unpaired) electrons. The molecule has 0 fully saturated rings. The maximum Gasteiger partial charge on any atom is 0.413 e. The number of nitrogens with zero attached hydrogens (tertiary/aromatic N) is 1. The minimum Gasteiger partial charge on any atom is -0.480 e. The van der Waals surface area contributed by atoms with Crippen LogP contribution in [0, 0.1) is 0 Å². The lowest BCUT2D eigenvalue weighted by atomic mass is 9.96. The van der Waals surface area contributed by atoms with Crippen molar-refractivity contribution in [1.29, 1.82) is 0 Å². The predicted octanol–water partition coefficient (Wildman–Crippen LogP) is 2.66. The summed E-state index contributed by atoms with van der Waals surface area (Å²) in [4.78, 5) is 59.4. The number of anilines is 1. The third-order valence-electron chi connectivity index (χ3n) is 6.41. The zero-order valence-electron chi connectivity index (χ0n) is 25.7. The Balaban J connectivity index is 2.00. The van der Waals surface area contributed by atoms with Crippen LogP contribution in [0.3, 0.4) is 0 Å². The first kappa shape index (κ1) is 38.2. The maximum atomic E-state index is 13.4. The minimum atomic E-state index is -3.84. The van der Waals surface area contributed by atoms with Gasteiger partial charge in [0.15, 0.2) is 0 Å². The van der Waals surface area contributed by atoms with Crippen LogP contribution in [0.25, 0.3) is 0 Å². The molecule has 0 spiro atoms. The van der Waals surface area contributed by atoms with Gasteiger partial charge in [0, 0.05) is 29.5 Å². The molecule has 1 aliphatic carbocycles. The van der Waals surface area contributed by atoms with Gasteiger partial charge in [0.1, 0.15) is 18.6 Å². The molecule has 8 N–H and O–H groups in total. The lowest BCUT2D eigenvalue weighted by Gasteiger charge is -2.20. The van der Waals surface area contributed by atoms with Gasteiger partial charge in [-0.3, -0.25) is 33.6 Å². The molecule has 0 saturated carbocycles. The van der Waals surface area contributed by atoms with Crippen LogP contribution in [0.4, 0.5) is 5.69 Å². The quantitative estimate of drug-likeness (QED) is 0.0455. The molecule has 0 heterocycles. The number of amides is 3. The van der Waals surface area contributed by atoms with Crippen LogP contribution in [-0.4, -0.2) is 82.4 Å². The number of nitrogens with two attached hydrogens (primary N) is 1. The van der Waals surface area contributed by atoms with Gasteiger partial charge in [0.25, 0.3) is 5.91 Å². The molecule has 1 aliphatic rings. The van der Waals surface area contributed by atoms with Crippen LogP contribution in [0.15, 0.2) is 46.4 Å². The van der Waals surface area contributed by atoms with Crippen molar-refractivity contribution in [3.05, 3.63) is 47.2 Å². The third kappa shape index (κ3) is 14.0. The first-order chi connectivity index (χ1) is 21.9. The topological polar surface area (TPSA) is 239 Å². The van der Waals surface area contributed by atoms with Gasteiger partial charge in [-0.05, 0) is 68.5 Å². The van der Waals surface area contributed by atoms with Gasteiger partial charge in [0.05, 0.1) is 12.2 Å². The molecule has 4 atom stereocenters. The Morgan fingerprint density at radius 3 is 2.54 bits per heavy atom. The Hall–Kier alpha value is -3.94. The van der Waals surface area contributed by atoms with Gasteiger partial charge >= 0.3 is 19.6 Å². The molecular weight excluding hydrogens is 639 g/mol. The monoisotopic (exact) mass is 680 g/mol. The number of thioether (sulfide) groups is 1. The van der Waals surface area contributed by atoms with Crippen LogP contribution < -0.4 is 26.8 Å². The average molecular weight is 681 g/mol. The molecule has 252 valence electrons. The predicted molar refractivity (Wildman–Crippen MR) is 175 cm³/mol. The van der Waals surface area contributed by atoms with Gasteiger partial charge in [-0.25, -0.2) is 4.57 Å². The van der Waals surface area contributed by atoms with E-state index in [1.54, 1.807) is 31.2 Å². The molecule has 46 heavy (non-hydrogen) atoms.